The molecule has 33 heavy (non-hydrogen) atoms. The summed E-state index contributed by atoms with van der Waals surface area (Å²) in [5.41, 5.74) is -0.753. The van der Waals surface area contributed by atoms with Crippen LogP contribution in [0.3, 0.4) is 0 Å². The molecule has 0 spiro atoms. The van der Waals surface area contributed by atoms with E-state index in [1.807, 2.05) is 49.4 Å². The van der Waals surface area contributed by atoms with Crippen LogP contribution in [0, 0.1) is 10.8 Å². The normalized spacial score (nSPS) is 24.8. The standard InChI is InChI=1S/C27H22BrNO4/c1-2-26(23(30)18-11-7-4-8-12-18)22-20-15-19(28)13-14-21(20)33-25(32)27(22,26)24(31)29-16-17-9-5-3-6-10-17/h3-15,22H,2,16H2,1H3,(H,29,31)/t22-,26-,27-/m1/s1. The van der Waals surface area contributed by atoms with E-state index in [0.717, 1.165) is 10.0 Å². The van der Waals surface area contributed by atoms with Crippen molar-refractivity contribution in [2.24, 2.45) is 10.8 Å². The molecular weight excluding hydrogens is 482 g/mol. The van der Waals surface area contributed by atoms with E-state index in [1.54, 1.807) is 36.4 Å². The van der Waals surface area contributed by atoms with Gasteiger partial charge in [0.1, 0.15) is 5.75 Å². The fourth-order valence-corrected chi connectivity index (χ4v) is 5.87. The van der Waals surface area contributed by atoms with Crippen LogP contribution in [0.25, 0.3) is 0 Å². The lowest BCUT2D eigenvalue weighted by molar-refractivity contribution is -0.149. The molecule has 6 heteroatoms. The van der Waals surface area contributed by atoms with Crippen molar-refractivity contribution in [3.05, 3.63) is 100 Å². The number of fused-ring (bicyclic) bond motifs is 3. The predicted molar refractivity (Wildman–Crippen MR) is 127 cm³/mol. The van der Waals surface area contributed by atoms with E-state index < -0.39 is 28.6 Å². The largest absolute Gasteiger partial charge is 0.425 e. The lowest BCUT2D eigenvalue weighted by atomic mass is 9.82. The molecule has 5 nitrogen and oxygen atoms in total. The van der Waals surface area contributed by atoms with Crippen molar-refractivity contribution in [2.45, 2.75) is 25.8 Å². The number of halogens is 1. The summed E-state index contributed by atoms with van der Waals surface area (Å²) in [4.78, 5) is 41.2. The molecular formula is C27H22BrNO4. The van der Waals surface area contributed by atoms with Gasteiger partial charge in [-0.15, -0.1) is 0 Å². The SMILES string of the molecule is CC[C@]1(C(=O)c2ccccc2)[C@H]2c3cc(Br)ccc3OC(=O)[C@]21C(=O)NCc1ccccc1. The number of esters is 1. The Bertz CT molecular complexity index is 1260. The van der Waals surface area contributed by atoms with Gasteiger partial charge < -0.3 is 10.1 Å². The van der Waals surface area contributed by atoms with E-state index in [1.165, 1.54) is 0 Å². The first-order valence-electron chi connectivity index (χ1n) is 10.9. The Morgan fingerprint density at radius 1 is 1.00 bits per heavy atom. The van der Waals surface area contributed by atoms with Gasteiger partial charge in [-0.1, -0.05) is 83.5 Å². The third-order valence-electron chi connectivity index (χ3n) is 7.01. The van der Waals surface area contributed by atoms with Crippen molar-refractivity contribution in [1.29, 1.82) is 0 Å². The number of nitrogens with one attached hydrogen (secondary N) is 1. The van der Waals surface area contributed by atoms with Gasteiger partial charge in [0.05, 0.1) is 5.41 Å². The van der Waals surface area contributed by atoms with E-state index in [9.17, 15) is 14.4 Å². The number of hydrogen-bond acceptors (Lipinski definition) is 4. The van der Waals surface area contributed by atoms with Crippen molar-refractivity contribution in [3.8, 4) is 5.75 Å². The minimum absolute atomic E-state index is 0.213. The van der Waals surface area contributed by atoms with Gasteiger partial charge in [0.15, 0.2) is 11.2 Å². The smallest absolute Gasteiger partial charge is 0.328 e. The summed E-state index contributed by atoms with van der Waals surface area (Å²) in [5.74, 6) is -1.56. The zero-order chi connectivity index (χ0) is 23.2. The number of hydrogen-bond donors (Lipinski definition) is 1. The Morgan fingerprint density at radius 2 is 1.67 bits per heavy atom. The van der Waals surface area contributed by atoms with Gasteiger partial charge in [-0.25, -0.2) is 0 Å². The molecule has 0 saturated heterocycles. The first kappa shape index (κ1) is 21.6. The maximum Gasteiger partial charge on any atom is 0.328 e. The third-order valence-corrected chi connectivity index (χ3v) is 7.50. The average Bonchev–Trinajstić information content (AvgIpc) is 3.50. The molecule has 0 aromatic heterocycles. The fraction of sp³-hybridized carbons (Fsp3) is 0.222. The van der Waals surface area contributed by atoms with Crippen LogP contribution < -0.4 is 10.1 Å². The number of benzene rings is 3. The van der Waals surface area contributed by atoms with Crippen LogP contribution >= 0.6 is 15.9 Å². The zero-order valence-electron chi connectivity index (χ0n) is 18.0. The molecule has 1 aliphatic carbocycles. The molecule has 1 amide bonds. The Morgan fingerprint density at radius 3 is 2.33 bits per heavy atom. The van der Waals surface area contributed by atoms with Gasteiger partial charge in [-0.3, -0.25) is 14.4 Å². The Labute approximate surface area is 200 Å². The van der Waals surface area contributed by atoms with Crippen LogP contribution in [-0.4, -0.2) is 17.7 Å². The van der Waals surface area contributed by atoms with Gasteiger partial charge in [-0.2, -0.15) is 0 Å². The highest BCUT2D eigenvalue weighted by molar-refractivity contribution is 9.10. The number of amides is 1. The summed E-state index contributed by atoms with van der Waals surface area (Å²) in [6.45, 7) is 2.11. The molecule has 1 fully saturated rings. The summed E-state index contributed by atoms with van der Waals surface area (Å²) >= 11 is 3.48. The Hall–Kier alpha value is -3.25. The molecule has 0 radical (unpaired) electrons. The van der Waals surface area contributed by atoms with Crippen molar-refractivity contribution < 1.29 is 19.1 Å². The molecule has 3 aromatic carbocycles. The van der Waals surface area contributed by atoms with Crippen LogP contribution in [0.15, 0.2) is 83.3 Å². The number of rotatable bonds is 6. The molecule has 1 N–H and O–H groups in total. The second-order valence-corrected chi connectivity index (χ2v) is 9.42. The monoisotopic (exact) mass is 503 g/mol. The average molecular weight is 504 g/mol. The summed E-state index contributed by atoms with van der Waals surface area (Å²) in [6.07, 6.45) is 0.325. The minimum Gasteiger partial charge on any atom is -0.425 e. The highest BCUT2D eigenvalue weighted by Crippen LogP contribution is 2.80. The molecule has 1 aliphatic heterocycles. The second-order valence-electron chi connectivity index (χ2n) is 8.50. The van der Waals surface area contributed by atoms with E-state index in [-0.39, 0.29) is 12.3 Å². The molecule has 2 aliphatic rings. The number of carbonyl (C=O) groups excluding carboxylic acids is 3. The maximum atomic E-state index is 14.0. The molecule has 3 atom stereocenters. The maximum absolute atomic E-state index is 14.0. The molecule has 3 aromatic rings. The number of Topliss-reactive ketones (excluding diaryl/α,β-unsaturated/α-hetero) is 1. The number of ether oxygens (including phenoxy) is 1. The highest BCUT2D eigenvalue weighted by atomic mass is 79.9. The van der Waals surface area contributed by atoms with Gasteiger partial charge in [-0.05, 0) is 30.2 Å². The van der Waals surface area contributed by atoms with E-state index in [0.29, 0.717) is 23.3 Å². The molecule has 1 heterocycles. The van der Waals surface area contributed by atoms with Gasteiger partial charge in [0.2, 0.25) is 5.91 Å². The molecule has 0 unspecified atom stereocenters. The summed E-state index contributed by atoms with van der Waals surface area (Å²) in [7, 11) is 0. The van der Waals surface area contributed by atoms with Gasteiger partial charge in [0.25, 0.3) is 0 Å². The Kier molecular flexibility index (Phi) is 5.20. The van der Waals surface area contributed by atoms with Crippen molar-refractivity contribution in [2.75, 3.05) is 0 Å². The van der Waals surface area contributed by atoms with Gasteiger partial charge >= 0.3 is 5.97 Å². The minimum atomic E-state index is -1.61. The molecule has 1 saturated carbocycles. The zero-order valence-corrected chi connectivity index (χ0v) is 19.6. The van der Waals surface area contributed by atoms with Crippen LogP contribution in [0.2, 0.25) is 0 Å². The van der Waals surface area contributed by atoms with Gasteiger partial charge in [0, 0.05) is 28.1 Å². The van der Waals surface area contributed by atoms with Crippen LogP contribution in [-0.2, 0) is 16.1 Å². The third kappa shape index (κ3) is 3.00. The van der Waals surface area contributed by atoms with E-state index >= 15 is 0 Å². The van der Waals surface area contributed by atoms with Crippen LogP contribution in [0.1, 0.15) is 40.7 Å². The van der Waals surface area contributed by atoms with E-state index in [2.05, 4.69) is 21.2 Å². The van der Waals surface area contributed by atoms with E-state index in [4.69, 9.17) is 4.74 Å². The summed E-state index contributed by atoms with van der Waals surface area (Å²) in [5, 5.41) is 2.92. The Balaban J connectivity index is 1.63. The second kappa shape index (κ2) is 7.96. The summed E-state index contributed by atoms with van der Waals surface area (Å²) < 4.78 is 6.48. The highest BCUT2D eigenvalue weighted by Gasteiger charge is 2.89. The fourth-order valence-electron chi connectivity index (χ4n) is 5.50. The number of ketones is 1. The topological polar surface area (TPSA) is 72.5 Å². The van der Waals surface area contributed by atoms with Crippen molar-refractivity contribution in [3.63, 3.8) is 0 Å². The lowest BCUT2D eigenvalue weighted by Crippen LogP contribution is -2.45. The number of carbonyl (C=O) groups is 3. The molecule has 5 rings (SSSR count). The van der Waals surface area contributed by atoms with Crippen LogP contribution in [0.5, 0.6) is 5.75 Å². The first-order chi connectivity index (χ1) is 16.0. The molecule has 0 bridgehead atoms. The predicted octanol–water partition coefficient (Wildman–Crippen LogP) is 5.05. The van der Waals surface area contributed by atoms with Crippen molar-refractivity contribution >= 4 is 33.6 Å². The summed E-state index contributed by atoms with van der Waals surface area (Å²) in [6, 6.07) is 23.7. The van der Waals surface area contributed by atoms with Crippen LogP contribution in [0.4, 0.5) is 0 Å². The lowest BCUT2D eigenvalue weighted by Gasteiger charge is -2.24. The van der Waals surface area contributed by atoms with Crippen molar-refractivity contribution in [1.82, 2.24) is 5.32 Å². The first-order valence-corrected chi connectivity index (χ1v) is 11.7. The quantitative estimate of drug-likeness (QED) is 0.221. The molecule has 166 valence electrons.